The van der Waals surface area contributed by atoms with Crippen LogP contribution in [0.2, 0.25) is 5.02 Å². The third-order valence-corrected chi connectivity index (χ3v) is 4.38. The first-order valence-corrected chi connectivity index (χ1v) is 8.44. The highest BCUT2D eigenvalue weighted by Gasteiger charge is 2.31. The summed E-state index contributed by atoms with van der Waals surface area (Å²) < 4.78 is 39.4. The van der Waals surface area contributed by atoms with E-state index < -0.39 is 17.6 Å². The fraction of sp³-hybridized carbons (Fsp3) is 0.167. The first-order valence-electron chi connectivity index (χ1n) is 8.07. The maximum Gasteiger partial charge on any atom is 0.416 e. The SMILES string of the molecule is CNC(=O)c1[nH]c(-c2cc(NC)ncn2)cc1-c1cc(C(F)(F)F)ccc1Cl. The molecule has 0 saturated carbocycles. The Morgan fingerprint density at radius 3 is 2.50 bits per heavy atom. The highest BCUT2D eigenvalue weighted by Crippen LogP contribution is 2.38. The second kappa shape index (κ2) is 7.51. The lowest BCUT2D eigenvalue weighted by atomic mass is 10.0. The number of hydrogen-bond donors (Lipinski definition) is 3. The number of benzene rings is 1. The minimum absolute atomic E-state index is 0.0725. The lowest BCUT2D eigenvalue weighted by Gasteiger charge is -2.11. The smallest absolute Gasteiger partial charge is 0.373 e. The molecule has 0 fully saturated rings. The Morgan fingerprint density at radius 2 is 1.86 bits per heavy atom. The molecular formula is C18H15ClF3N5O. The number of anilines is 1. The Kier molecular flexibility index (Phi) is 5.28. The number of aromatic nitrogens is 3. The second-order valence-corrected chi connectivity index (χ2v) is 6.19. The number of aromatic amines is 1. The van der Waals surface area contributed by atoms with Gasteiger partial charge >= 0.3 is 6.18 Å². The van der Waals surface area contributed by atoms with Crippen molar-refractivity contribution < 1.29 is 18.0 Å². The van der Waals surface area contributed by atoms with E-state index in [1.54, 1.807) is 13.1 Å². The van der Waals surface area contributed by atoms with E-state index in [1.165, 1.54) is 19.4 Å². The second-order valence-electron chi connectivity index (χ2n) is 5.78. The van der Waals surface area contributed by atoms with Crippen molar-refractivity contribution >= 4 is 23.3 Å². The molecule has 0 saturated heterocycles. The Labute approximate surface area is 163 Å². The van der Waals surface area contributed by atoms with Crippen LogP contribution in [0.1, 0.15) is 16.1 Å². The van der Waals surface area contributed by atoms with E-state index in [0.717, 1.165) is 18.2 Å². The minimum Gasteiger partial charge on any atom is -0.373 e. The number of rotatable bonds is 4. The van der Waals surface area contributed by atoms with Crippen molar-refractivity contribution in [2.75, 3.05) is 19.4 Å². The first-order chi connectivity index (χ1) is 13.2. The van der Waals surface area contributed by atoms with Crippen molar-refractivity contribution in [1.29, 1.82) is 0 Å². The van der Waals surface area contributed by atoms with Gasteiger partial charge in [-0.25, -0.2) is 9.97 Å². The molecule has 0 aliphatic heterocycles. The van der Waals surface area contributed by atoms with Crippen LogP contribution < -0.4 is 10.6 Å². The maximum absolute atomic E-state index is 13.1. The zero-order valence-electron chi connectivity index (χ0n) is 14.8. The van der Waals surface area contributed by atoms with Gasteiger partial charge in [0.15, 0.2) is 0 Å². The van der Waals surface area contributed by atoms with E-state index in [0.29, 0.717) is 17.2 Å². The number of halogens is 4. The number of carbonyl (C=O) groups is 1. The molecule has 2 heterocycles. The van der Waals surface area contributed by atoms with Crippen LogP contribution in [-0.2, 0) is 6.18 Å². The van der Waals surface area contributed by atoms with Crippen LogP contribution in [0.3, 0.4) is 0 Å². The van der Waals surface area contributed by atoms with Crippen molar-refractivity contribution in [3.05, 3.63) is 52.9 Å². The molecule has 6 nitrogen and oxygen atoms in total. The average molecular weight is 410 g/mol. The van der Waals surface area contributed by atoms with Crippen molar-refractivity contribution in [3.63, 3.8) is 0 Å². The van der Waals surface area contributed by atoms with E-state index in [1.807, 2.05) is 0 Å². The molecule has 1 amide bonds. The van der Waals surface area contributed by atoms with E-state index >= 15 is 0 Å². The molecule has 0 aliphatic carbocycles. The number of amides is 1. The van der Waals surface area contributed by atoms with Gasteiger partial charge < -0.3 is 15.6 Å². The Balaban J connectivity index is 2.20. The predicted octanol–water partition coefficient (Wildman–Crippen LogP) is 4.21. The standard InChI is InChI=1S/C18H15ClF3N5O/c1-23-15-7-13(25-8-26-15)14-6-11(16(27-14)17(28)24-2)10-5-9(18(20,21)22)3-4-12(10)19/h3-8,27H,1-2H3,(H,24,28)(H,23,25,26). The maximum atomic E-state index is 13.1. The molecule has 3 aromatic rings. The largest absolute Gasteiger partial charge is 0.416 e. The van der Waals surface area contributed by atoms with Gasteiger partial charge in [0.2, 0.25) is 0 Å². The zero-order valence-corrected chi connectivity index (χ0v) is 15.5. The van der Waals surface area contributed by atoms with Gasteiger partial charge in [-0.05, 0) is 24.3 Å². The van der Waals surface area contributed by atoms with Gasteiger partial charge in [-0.3, -0.25) is 4.79 Å². The normalized spacial score (nSPS) is 11.4. The Morgan fingerprint density at radius 1 is 1.11 bits per heavy atom. The van der Waals surface area contributed by atoms with Gasteiger partial charge in [0, 0.05) is 36.3 Å². The monoisotopic (exact) mass is 409 g/mol. The molecule has 10 heteroatoms. The number of H-pyrrole nitrogens is 1. The van der Waals surface area contributed by atoms with Gasteiger partial charge in [0.1, 0.15) is 17.8 Å². The third kappa shape index (κ3) is 3.79. The molecule has 146 valence electrons. The molecule has 28 heavy (non-hydrogen) atoms. The molecule has 2 aromatic heterocycles. The molecule has 0 aliphatic rings. The van der Waals surface area contributed by atoms with Crippen molar-refractivity contribution in [2.45, 2.75) is 6.18 Å². The minimum atomic E-state index is -4.54. The van der Waals surface area contributed by atoms with Crippen LogP contribution in [0, 0.1) is 0 Å². The van der Waals surface area contributed by atoms with E-state index in [4.69, 9.17) is 11.6 Å². The number of hydrogen-bond acceptors (Lipinski definition) is 4. The van der Waals surface area contributed by atoms with Crippen LogP contribution in [0.15, 0.2) is 36.7 Å². The Bertz CT molecular complexity index is 1030. The van der Waals surface area contributed by atoms with Crippen molar-refractivity contribution in [2.24, 2.45) is 0 Å². The fourth-order valence-electron chi connectivity index (χ4n) is 2.66. The summed E-state index contributed by atoms with van der Waals surface area (Å²) in [5.41, 5.74) is 0.413. The fourth-order valence-corrected chi connectivity index (χ4v) is 2.88. The highest BCUT2D eigenvalue weighted by molar-refractivity contribution is 6.33. The number of alkyl halides is 3. The quantitative estimate of drug-likeness (QED) is 0.602. The summed E-state index contributed by atoms with van der Waals surface area (Å²) >= 11 is 6.16. The number of carbonyl (C=O) groups excluding carboxylic acids is 1. The predicted molar refractivity (Wildman–Crippen MR) is 100 cm³/mol. The van der Waals surface area contributed by atoms with Crippen LogP contribution in [0.5, 0.6) is 0 Å². The molecule has 0 atom stereocenters. The van der Waals surface area contributed by atoms with Gasteiger partial charge in [-0.15, -0.1) is 0 Å². The lowest BCUT2D eigenvalue weighted by Crippen LogP contribution is -2.19. The summed E-state index contributed by atoms with van der Waals surface area (Å²) in [6.07, 6.45) is -3.21. The molecule has 3 rings (SSSR count). The first kappa shape index (κ1) is 19.7. The summed E-state index contributed by atoms with van der Waals surface area (Å²) in [5, 5.41) is 5.41. The summed E-state index contributed by atoms with van der Waals surface area (Å²) in [4.78, 5) is 23.4. The number of nitrogens with zero attached hydrogens (tertiary/aromatic N) is 2. The third-order valence-electron chi connectivity index (χ3n) is 4.05. The van der Waals surface area contributed by atoms with Crippen LogP contribution in [-0.4, -0.2) is 35.0 Å². The van der Waals surface area contributed by atoms with Gasteiger partial charge in [-0.2, -0.15) is 13.2 Å². The average Bonchev–Trinajstić information content (AvgIpc) is 3.12. The van der Waals surface area contributed by atoms with E-state index in [-0.39, 0.29) is 21.8 Å². The van der Waals surface area contributed by atoms with Crippen LogP contribution in [0.25, 0.3) is 22.5 Å². The molecule has 0 spiro atoms. The van der Waals surface area contributed by atoms with E-state index in [9.17, 15) is 18.0 Å². The van der Waals surface area contributed by atoms with Crippen LogP contribution in [0.4, 0.5) is 19.0 Å². The summed E-state index contributed by atoms with van der Waals surface area (Å²) in [7, 11) is 3.11. The van der Waals surface area contributed by atoms with E-state index in [2.05, 4.69) is 25.6 Å². The summed E-state index contributed by atoms with van der Waals surface area (Å²) in [5.74, 6) is 0.0392. The van der Waals surface area contributed by atoms with Crippen LogP contribution >= 0.6 is 11.6 Å². The molecule has 0 bridgehead atoms. The van der Waals surface area contributed by atoms with Gasteiger partial charge in [0.25, 0.3) is 5.91 Å². The topological polar surface area (TPSA) is 82.7 Å². The summed E-state index contributed by atoms with van der Waals surface area (Å²) in [6, 6.07) is 6.14. The summed E-state index contributed by atoms with van der Waals surface area (Å²) in [6.45, 7) is 0. The van der Waals surface area contributed by atoms with Gasteiger partial charge in [-0.1, -0.05) is 11.6 Å². The lowest BCUT2D eigenvalue weighted by molar-refractivity contribution is -0.137. The molecular weight excluding hydrogens is 395 g/mol. The van der Waals surface area contributed by atoms with Crippen molar-refractivity contribution in [3.8, 4) is 22.5 Å². The van der Waals surface area contributed by atoms with Gasteiger partial charge in [0.05, 0.1) is 17.0 Å². The molecule has 3 N–H and O–H groups in total. The molecule has 0 unspecified atom stereocenters. The Hall–Kier alpha value is -3.07. The molecule has 1 aromatic carbocycles. The molecule has 0 radical (unpaired) electrons. The zero-order chi connectivity index (χ0) is 20.5. The highest BCUT2D eigenvalue weighted by atomic mass is 35.5. The van der Waals surface area contributed by atoms with Crippen molar-refractivity contribution in [1.82, 2.24) is 20.3 Å². The number of nitrogens with one attached hydrogen (secondary N) is 3.